The van der Waals surface area contributed by atoms with Crippen molar-refractivity contribution in [2.24, 2.45) is 4.99 Å². The van der Waals surface area contributed by atoms with Crippen LogP contribution < -0.4 is 5.32 Å². The number of amidine groups is 1. The standard InChI is InChI=1S/C9H9BrN2/c1-6-11-5-7-8(10)3-2-4-9(7)12-6/h2-4H,5H2,1H3,(H,11,12). The van der Waals surface area contributed by atoms with Crippen LogP contribution in [0.1, 0.15) is 12.5 Å². The molecule has 0 saturated carbocycles. The molecule has 1 N–H and O–H groups in total. The van der Waals surface area contributed by atoms with Gasteiger partial charge < -0.3 is 5.32 Å². The van der Waals surface area contributed by atoms with Crippen LogP contribution in [0.15, 0.2) is 27.7 Å². The van der Waals surface area contributed by atoms with E-state index >= 15 is 0 Å². The van der Waals surface area contributed by atoms with E-state index < -0.39 is 0 Å². The maximum atomic E-state index is 4.31. The zero-order valence-electron chi connectivity index (χ0n) is 6.76. The smallest absolute Gasteiger partial charge is 0.0979 e. The Labute approximate surface area is 79.8 Å². The fourth-order valence-corrected chi connectivity index (χ4v) is 1.76. The Hall–Kier alpha value is -0.830. The van der Waals surface area contributed by atoms with Crippen molar-refractivity contribution in [3.05, 3.63) is 28.2 Å². The van der Waals surface area contributed by atoms with Crippen LogP contribution in [-0.2, 0) is 6.54 Å². The van der Waals surface area contributed by atoms with Gasteiger partial charge in [0.05, 0.1) is 12.4 Å². The number of rotatable bonds is 0. The number of nitrogens with zero attached hydrogens (tertiary/aromatic N) is 1. The number of fused-ring (bicyclic) bond motifs is 1. The Kier molecular flexibility index (Phi) is 1.89. The third kappa shape index (κ3) is 1.25. The quantitative estimate of drug-likeness (QED) is 0.721. The van der Waals surface area contributed by atoms with Gasteiger partial charge in [0.2, 0.25) is 0 Å². The van der Waals surface area contributed by atoms with Crippen LogP contribution in [0.5, 0.6) is 0 Å². The number of anilines is 1. The lowest BCUT2D eigenvalue weighted by Gasteiger charge is -2.16. The first-order chi connectivity index (χ1) is 5.77. The molecule has 2 rings (SSSR count). The van der Waals surface area contributed by atoms with Crippen molar-refractivity contribution in [3.8, 4) is 0 Å². The lowest BCUT2D eigenvalue weighted by molar-refractivity contribution is 1.03. The molecule has 0 aromatic heterocycles. The molecule has 0 radical (unpaired) electrons. The van der Waals surface area contributed by atoms with E-state index in [9.17, 15) is 0 Å². The second-order valence-corrected chi connectivity index (χ2v) is 3.65. The number of halogens is 1. The largest absolute Gasteiger partial charge is 0.344 e. The van der Waals surface area contributed by atoms with Crippen LogP contribution in [0, 0.1) is 0 Å². The summed E-state index contributed by atoms with van der Waals surface area (Å²) in [6.07, 6.45) is 0. The minimum Gasteiger partial charge on any atom is -0.344 e. The molecule has 62 valence electrons. The third-order valence-electron chi connectivity index (χ3n) is 1.91. The molecule has 0 fully saturated rings. The van der Waals surface area contributed by atoms with Crippen LogP contribution in [0.3, 0.4) is 0 Å². The second-order valence-electron chi connectivity index (χ2n) is 2.79. The third-order valence-corrected chi connectivity index (χ3v) is 2.65. The minimum absolute atomic E-state index is 0.773. The first kappa shape index (κ1) is 7.80. The molecule has 1 aliphatic heterocycles. The highest BCUT2D eigenvalue weighted by molar-refractivity contribution is 9.10. The second kappa shape index (κ2) is 2.90. The van der Waals surface area contributed by atoms with E-state index in [-0.39, 0.29) is 0 Å². The van der Waals surface area contributed by atoms with Gasteiger partial charge in [0.15, 0.2) is 0 Å². The fourth-order valence-electron chi connectivity index (χ4n) is 1.27. The van der Waals surface area contributed by atoms with Gasteiger partial charge in [-0.2, -0.15) is 0 Å². The predicted molar refractivity (Wildman–Crippen MR) is 54.6 cm³/mol. The maximum Gasteiger partial charge on any atom is 0.0979 e. The molecule has 0 aliphatic carbocycles. The highest BCUT2D eigenvalue weighted by Crippen LogP contribution is 2.27. The molecule has 0 unspecified atom stereocenters. The summed E-state index contributed by atoms with van der Waals surface area (Å²) in [5.74, 6) is 0.987. The lowest BCUT2D eigenvalue weighted by atomic mass is 10.1. The minimum atomic E-state index is 0.773. The summed E-state index contributed by atoms with van der Waals surface area (Å²) >= 11 is 3.49. The van der Waals surface area contributed by atoms with E-state index in [2.05, 4.69) is 32.3 Å². The number of hydrogen-bond donors (Lipinski definition) is 1. The molecule has 1 aliphatic rings. The van der Waals surface area contributed by atoms with Gasteiger partial charge in [-0.15, -0.1) is 0 Å². The molecule has 1 aromatic carbocycles. The van der Waals surface area contributed by atoms with E-state index in [1.165, 1.54) is 5.56 Å². The molecule has 0 saturated heterocycles. The average molecular weight is 225 g/mol. The Morgan fingerprint density at radius 3 is 3.17 bits per heavy atom. The van der Waals surface area contributed by atoms with Gasteiger partial charge in [0.1, 0.15) is 0 Å². The Morgan fingerprint density at radius 2 is 2.33 bits per heavy atom. The first-order valence-electron chi connectivity index (χ1n) is 3.83. The van der Waals surface area contributed by atoms with Crippen molar-refractivity contribution in [2.75, 3.05) is 5.32 Å². The van der Waals surface area contributed by atoms with Crippen molar-refractivity contribution in [2.45, 2.75) is 13.5 Å². The molecule has 0 atom stereocenters. The number of hydrogen-bond acceptors (Lipinski definition) is 2. The summed E-state index contributed by atoms with van der Waals surface area (Å²) in [5.41, 5.74) is 2.40. The predicted octanol–water partition coefficient (Wildman–Crippen LogP) is 2.79. The Balaban J connectivity index is 2.49. The summed E-state index contributed by atoms with van der Waals surface area (Å²) in [4.78, 5) is 4.31. The topological polar surface area (TPSA) is 24.4 Å². The summed E-state index contributed by atoms with van der Waals surface area (Å²) in [6.45, 7) is 2.75. The van der Waals surface area contributed by atoms with Gasteiger partial charge in [-0.1, -0.05) is 22.0 Å². The lowest BCUT2D eigenvalue weighted by Crippen LogP contribution is -2.14. The van der Waals surface area contributed by atoms with E-state index in [0.717, 1.165) is 22.5 Å². The van der Waals surface area contributed by atoms with E-state index in [4.69, 9.17) is 0 Å². The number of nitrogens with one attached hydrogen (secondary N) is 1. The molecule has 1 heterocycles. The van der Waals surface area contributed by atoms with Crippen molar-refractivity contribution >= 4 is 27.5 Å². The van der Waals surface area contributed by atoms with E-state index in [0.29, 0.717) is 0 Å². The van der Waals surface area contributed by atoms with Crippen molar-refractivity contribution in [1.29, 1.82) is 0 Å². The van der Waals surface area contributed by atoms with Gasteiger partial charge >= 0.3 is 0 Å². The number of aliphatic imine (C=N–C) groups is 1. The van der Waals surface area contributed by atoms with Crippen LogP contribution >= 0.6 is 15.9 Å². The van der Waals surface area contributed by atoms with Gasteiger partial charge in [0.25, 0.3) is 0 Å². The highest BCUT2D eigenvalue weighted by atomic mass is 79.9. The highest BCUT2D eigenvalue weighted by Gasteiger charge is 2.10. The maximum absolute atomic E-state index is 4.31. The van der Waals surface area contributed by atoms with Gasteiger partial charge in [-0.3, -0.25) is 4.99 Å². The van der Waals surface area contributed by atoms with E-state index in [1.807, 2.05) is 19.1 Å². The molecule has 12 heavy (non-hydrogen) atoms. The zero-order chi connectivity index (χ0) is 8.55. The summed E-state index contributed by atoms with van der Waals surface area (Å²) in [6, 6.07) is 6.13. The summed E-state index contributed by atoms with van der Waals surface area (Å²) < 4.78 is 1.13. The first-order valence-corrected chi connectivity index (χ1v) is 4.62. The summed E-state index contributed by atoms with van der Waals surface area (Å²) in [5, 5.41) is 3.22. The molecule has 0 bridgehead atoms. The molecular formula is C9H9BrN2. The average Bonchev–Trinajstić information content (AvgIpc) is 2.04. The summed E-state index contributed by atoms with van der Waals surface area (Å²) in [7, 11) is 0. The van der Waals surface area contributed by atoms with E-state index in [1.54, 1.807) is 0 Å². The van der Waals surface area contributed by atoms with Crippen molar-refractivity contribution < 1.29 is 0 Å². The normalized spacial score (nSPS) is 14.7. The Bertz CT molecular complexity index is 344. The number of benzene rings is 1. The molecule has 0 amide bonds. The fraction of sp³-hybridized carbons (Fsp3) is 0.222. The monoisotopic (exact) mass is 224 g/mol. The SMILES string of the molecule is CC1=NCc2c(Br)cccc2N1. The van der Waals surface area contributed by atoms with Gasteiger partial charge in [0, 0.05) is 15.7 Å². The zero-order valence-corrected chi connectivity index (χ0v) is 8.35. The van der Waals surface area contributed by atoms with Crippen LogP contribution in [0.25, 0.3) is 0 Å². The molecule has 0 spiro atoms. The van der Waals surface area contributed by atoms with Crippen molar-refractivity contribution in [3.63, 3.8) is 0 Å². The molecular weight excluding hydrogens is 216 g/mol. The Morgan fingerprint density at radius 1 is 1.50 bits per heavy atom. The van der Waals surface area contributed by atoms with Crippen LogP contribution in [0.2, 0.25) is 0 Å². The van der Waals surface area contributed by atoms with Crippen LogP contribution in [0.4, 0.5) is 5.69 Å². The van der Waals surface area contributed by atoms with Gasteiger partial charge in [-0.05, 0) is 19.1 Å². The van der Waals surface area contributed by atoms with Crippen LogP contribution in [-0.4, -0.2) is 5.84 Å². The molecule has 1 aromatic rings. The molecule has 3 heteroatoms. The van der Waals surface area contributed by atoms with Crippen molar-refractivity contribution in [1.82, 2.24) is 0 Å². The molecule has 2 nitrogen and oxygen atoms in total. The van der Waals surface area contributed by atoms with Gasteiger partial charge in [-0.25, -0.2) is 0 Å².